The Morgan fingerprint density at radius 2 is 0.816 bits per heavy atom. The number of furan rings is 4. The quantitative estimate of drug-likeness (QED) is 0.0354. The summed E-state index contributed by atoms with van der Waals surface area (Å²) in [4.78, 5) is 15.0. The van der Waals surface area contributed by atoms with E-state index in [1.807, 2.05) is 128 Å². The second-order valence-electron chi connectivity index (χ2n) is 37.4. The second-order valence-corrected chi connectivity index (χ2v) is 40.5. The number of thioether (sulfide) groups is 1. The van der Waals surface area contributed by atoms with Crippen LogP contribution in [0.15, 0.2) is 230 Å². The van der Waals surface area contributed by atoms with Gasteiger partial charge in [-0.05, 0) is 283 Å². The van der Waals surface area contributed by atoms with Crippen molar-refractivity contribution in [3.8, 4) is 74.4 Å². The molecule has 17 aromatic rings. The first kappa shape index (κ1) is 96.5. The van der Waals surface area contributed by atoms with E-state index >= 15 is 0 Å². The lowest BCUT2D eigenvalue weighted by molar-refractivity contribution is 0.0598. The number of halogens is 2. The van der Waals surface area contributed by atoms with Crippen LogP contribution in [0.5, 0.6) is 28.7 Å². The van der Waals surface area contributed by atoms with E-state index in [-0.39, 0.29) is 26.4 Å². The predicted octanol–water partition coefficient (Wildman–Crippen LogP) is 21.5. The lowest BCUT2D eigenvalue weighted by Crippen LogP contribution is -2.40. The number of fused-ring (bicyclic) bond motifs is 7. The number of hydrogen-bond donors (Lipinski definition) is 4. The number of benzene rings is 9. The van der Waals surface area contributed by atoms with Crippen molar-refractivity contribution in [3.05, 3.63) is 260 Å². The number of aryl methyl sites for hydroxylation is 6. The molecule has 8 aromatic heterocycles. The van der Waals surface area contributed by atoms with Crippen molar-refractivity contribution < 1.29 is 75.1 Å². The van der Waals surface area contributed by atoms with Gasteiger partial charge in [0.2, 0.25) is 23.5 Å². The number of aliphatic hydroxyl groups excluding tert-OH is 4. The third kappa shape index (κ3) is 23.8. The average Bonchev–Trinajstić information content (AvgIpc) is 1.68. The molecule has 6 aliphatic rings. The second kappa shape index (κ2) is 44.7. The Morgan fingerprint density at radius 1 is 0.390 bits per heavy atom. The summed E-state index contributed by atoms with van der Waals surface area (Å²) in [5.41, 5.74) is 11.1. The predicted molar refractivity (Wildman–Crippen MR) is 544 cm³/mol. The highest BCUT2D eigenvalue weighted by atomic mass is 35.5. The van der Waals surface area contributed by atoms with Gasteiger partial charge in [-0.25, -0.2) is 0 Å². The molecule has 141 heavy (non-hydrogen) atoms. The maximum absolute atomic E-state index is 10.7. The number of likely N-dealkylation sites (tertiary alicyclic amines) is 4. The van der Waals surface area contributed by atoms with Gasteiger partial charge in [-0.15, -0.1) is 42.4 Å². The minimum absolute atomic E-state index is 0.188. The molecule has 9 aromatic carbocycles. The number of aromatic nitrogens is 8. The first-order valence-electron chi connectivity index (χ1n) is 48.7. The summed E-state index contributed by atoms with van der Waals surface area (Å²) in [6.07, 6.45) is 9.76. The van der Waals surface area contributed by atoms with Crippen molar-refractivity contribution in [2.45, 2.75) is 151 Å². The van der Waals surface area contributed by atoms with E-state index in [1.54, 1.807) is 20.8 Å². The molecule has 4 fully saturated rings. The summed E-state index contributed by atoms with van der Waals surface area (Å²) >= 11 is 15.7. The molecule has 4 N–H and O–H groups in total. The van der Waals surface area contributed by atoms with E-state index in [0.717, 1.165) is 166 Å². The topological polar surface area (TPSA) is 335 Å². The molecule has 4 saturated heterocycles. The number of piperidine rings is 4. The molecule has 0 unspecified atom stereocenters. The van der Waals surface area contributed by atoms with Crippen LogP contribution in [0.1, 0.15) is 138 Å². The number of rotatable bonds is 28. The summed E-state index contributed by atoms with van der Waals surface area (Å²) in [7, 11) is 0. The summed E-state index contributed by atoms with van der Waals surface area (Å²) in [5.74, 6) is 11.8. The summed E-state index contributed by atoms with van der Waals surface area (Å²) in [6.45, 7) is 18.9. The molecule has 0 spiro atoms. The molecule has 732 valence electrons. The van der Waals surface area contributed by atoms with E-state index in [0.29, 0.717) is 158 Å². The van der Waals surface area contributed by atoms with Crippen molar-refractivity contribution in [3.63, 3.8) is 0 Å². The van der Waals surface area contributed by atoms with Gasteiger partial charge in [0, 0.05) is 69.7 Å². The minimum Gasteiger partial charge on any atom is -0.493 e. The highest BCUT2D eigenvalue weighted by molar-refractivity contribution is 7.99. The number of nitrogens with zero attached hydrogens (tertiary/aromatic N) is 12. The van der Waals surface area contributed by atoms with Crippen LogP contribution in [-0.2, 0) is 12.8 Å². The van der Waals surface area contributed by atoms with Crippen LogP contribution in [-0.4, -0.2) is 222 Å². The molecule has 0 amide bonds. The first-order valence-corrected chi connectivity index (χ1v) is 51.3. The first-order chi connectivity index (χ1) is 68.8. The maximum Gasteiger partial charge on any atom is 0.283 e. The zero-order valence-corrected chi connectivity index (χ0v) is 82.4. The van der Waals surface area contributed by atoms with Crippen molar-refractivity contribution in [1.82, 2.24) is 60.3 Å². The lowest BCUT2D eigenvalue weighted by atomic mass is 9.88. The number of aliphatic hydroxyl groups is 4. The molecule has 0 saturated carbocycles. The molecule has 23 rings (SSSR count). The van der Waals surface area contributed by atoms with Gasteiger partial charge in [-0.1, -0.05) is 137 Å². The van der Waals surface area contributed by atoms with Crippen molar-refractivity contribution in [1.29, 1.82) is 0 Å². The normalized spacial score (nSPS) is 16.9. The number of β-amino-alcohol motifs (C(OH)–C–C–N with tert-alkyl or cyclic N) is 4. The minimum atomic E-state index is -0.608. The molecule has 28 nitrogen and oxygen atoms in total. The number of hydrogen-bond acceptors (Lipinski definition) is 30. The van der Waals surface area contributed by atoms with E-state index in [4.69, 9.17) is 77.9 Å². The average molecular weight is 1980 g/mol. The Balaban J connectivity index is 0.000000115. The Labute approximate surface area is 834 Å². The third-order valence-corrected chi connectivity index (χ3v) is 29.9. The molecule has 0 aliphatic carbocycles. The molecule has 4 atom stereocenters. The fourth-order valence-corrected chi connectivity index (χ4v) is 21.9. The van der Waals surface area contributed by atoms with Crippen LogP contribution >= 0.6 is 46.3 Å². The molecule has 6 aliphatic heterocycles. The highest BCUT2D eigenvalue weighted by Gasteiger charge is 2.31. The molecular formula is C109H114Cl2N12O16S2. The van der Waals surface area contributed by atoms with Crippen molar-refractivity contribution in [2.24, 2.45) is 0 Å². The molecule has 0 bridgehead atoms. The Hall–Kier alpha value is -12.0. The van der Waals surface area contributed by atoms with Crippen molar-refractivity contribution >= 4 is 101 Å². The zero-order valence-electron chi connectivity index (χ0n) is 79.2. The molecule has 0 radical (unpaired) electrons. The van der Waals surface area contributed by atoms with Gasteiger partial charge < -0.3 is 94.7 Å². The molecular weight excluding hydrogens is 1870 g/mol. The van der Waals surface area contributed by atoms with E-state index < -0.39 is 24.4 Å². The van der Waals surface area contributed by atoms with Gasteiger partial charge in [0.15, 0.2) is 28.0 Å². The van der Waals surface area contributed by atoms with Gasteiger partial charge >= 0.3 is 0 Å². The Morgan fingerprint density at radius 3 is 1.27 bits per heavy atom. The van der Waals surface area contributed by atoms with Gasteiger partial charge in [0.05, 0.1) is 38.2 Å². The Bertz CT molecular complexity index is 7100. The standard InChI is InChI=1S/C29H29N3O3S.C28H31N3O5.C27H29N3O4S.C25H25Cl2N3O4/c1-19-30-31-29(36-19)28-16-25-26(7-4-8-27(25)35-28)34-18-24(33)17-32-13-11-21(12-14-32)23-10-9-20-5-2-3-6-22(20)15-23;1-18-29-30-28(35-18)27-15-23-24(5-2-6-25(23)36-27)34-17-22(32)16-31-11-9-19(10-12-31)21-8-7-20-4-3-13-33-26(20)14-21;1-17-28-29-27(33-17)25-14-22-23(3-2-4-24(22)34-25)32-16-21(31)15-30-10-7-18(8-11-30)20-6-5-19-9-12-35-26(19)13-20;1-15-28-25(29-34-15)24-12-19-22(3-2-4-23(19)33-24)32-14-18(31)13-30-9-7-16(8-10-30)17-5-6-20(26)21(27)11-17/h2-10,15-16,21,24,33H,11-14,17-18H2,1H3;2,5-8,14-15,19,22,32H,3-4,9-13,16-17H2,1H3;2-6,13-14,18,21,31H,7-12,15-16H2,1H3;2-6,11-12,16,18,31H,7-10,13-14H2,1H3/t24-;22-;21-;18-/m0000/s1. The maximum atomic E-state index is 10.7. The highest BCUT2D eigenvalue weighted by Crippen LogP contribution is 2.43. The largest absolute Gasteiger partial charge is 0.493 e. The van der Waals surface area contributed by atoms with E-state index in [9.17, 15) is 20.4 Å². The van der Waals surface area contributed by atoms with Crippen LogP contribution < -0.4 is 23.7 Å². The van der Waals surface area contributed by atoms with E-state index in [2.05, 4.69) is 145 Å². The molecule has 14 heterocycles. The third-order valence-electron chi connectivity index (χ3n) is 27.3. The van der Waals surface area contributed by atoms with Crippen LogP contribution in [0.4, 0.5) is 0 Å². The zero-order chi connectivity index (χ0) is 96.4. The van der Waals surface area contributed by atoms with Crippen LogP contribution in [0.3, 0.4) is 0 Å². The Kier molecular flexibility index (Phi) is 30.6. The smallest absolute Gasteiger partial charge is 0.283 e. The van der Waals surface area contributed by atoms with Gasteiger partial charge in [-0.2, -0.15) is 4.98 Å². The van der Waals surface area contributed by atoms with Crippen LogP contribution in [0.25, 0.3) is 100 Å². The lowest BCUT2D eigenvalue weighted by Gasteiger charge is -2.33. The SMILES string of the molecule is Cc1nc(-c2cc3c(OC[C@@H](O)CN4CCC(c5ccc(Cl)c(Cl)c5)CC4)cccc3o2)no1.Cc1nnc(-c2cc3c(OC[C@@H](O)CN4CCC(c5ccc6c(c5)OCCC6)CC4)cccc3o2)o1.Cc1nnc(-c2cc3c(OC[C@@H](O)CN4CCC(c5ccc6c(c5)SCC6)CC4)cccc3o2)o1.Cc1nnc(-c2cc3c(OC[C@@H](O)CN4CCC(c5ccc6ccccc6c5)CC4)cccc3o2)s1. The number of ether oxygens (including phenoxy) is 5. The summed E-state index contributed by atoms with van der Waals surface area (Å²) < 4.78 is 69.4. The summed E-state index contributed by atoms with van der Waals surface area (Å²) in [6, 6.07) is 65.1. The van der Waals surface area contributed by atoms with Gasteiger partial charge in [0.1, 0.15) is 107 Å². The van der Waals surface area contributed by atoms with E-state index in [1.165, 1.54) is 72.6 Å². The van der Waals surface area contributed by atoms with Gasteiger partial charge in [0.25, 0.3) is 11.8 Å². The summed E-state index contributed by atoms with van der Waals surface area (Å²) in [5, 5.41) is 79.4. The fraction of sp³-hybridized carbons (Fsp3) is 0.376. The monoisotopic (exact) mass is 1980 g/mol. The van der Waals surface area contributed by atoms with Crippen molar-refractivity contribution in [2.75, 3.05) is 117 Å². The fourth-order valence-electron chi connectivity index (χ4n) is 19.9. The van der Waals surface area contributed by atoms with Gasteiger partial charge in [-0.3, -0.25) is 0 Å². The van der Waals surface area contributed by atoms with Crippen LogP contribution in [0, 0.1) is 27.7 Å². The molecule has 32 heteroatoms. The van der Waals surface area contributed by atoms with Crippen LogP contribution in [0.2, 0.25) is 10.0 Å².